The van der Waals surface area contributed by atoms with Crippen molar-refractivity contribution in [3.8, 4) is 0 Å². The van der Waals surface area contributed by atoms with Crippen LogP contribution in [-0.2, 0) is 0 Å². The van der Waals surface area contributed by atoms with E-state index in [0.29, 0.717) is 17.8 Å². The van der Waals surface area contributed by atoms with Gasteiger partial charge in [0.1, 0.15) is 0 Å². The summed E-state index contributed by atoms with van der Waals surface area (Å²) >= 11 is 0. The van der Waals surface area contributed by atoms with Crippen molar-refractivity contribution < 1.29 is 13.6 Å². The lowest BCUT2D eigenvalue weighted by molar-refractivity contribution is 0.0499. The molecule has 1 aliphatic rings. The van der Waals surface area contributed by atoms with Gasteiger partial charge in [-0.3, -0.25) is 9.69 Å². The van der Waals surface area contributed by atoms with Gasteiger partial charge < -0.3 is 4.90 Å². The van der Waals surface area contributed by atoms with E-state index in [2.05, 4.69) is 10.00 Å². The summed E-state index contributed by atoms with van der Waals surface area (Å²) in [6, 6.07) is 11.4. The number of hydrogen-bond donors (Lipinski definition) is 0. The zero-order valence-electron chi connectivity index (χ0n) is 12.8. The summed E-state index contributed by atoms with van der Waals surface area (Å²) in [6.45, 7) is -0.941. The van der Waals surface area contributed by atoms with Gasteiger partial charge in [-0.15, -0.1) is 0 Å². The van der Waals surface area contributed by atoms with Gasteiger partial charge >= 0.3 is 6.55 Å². The lowest BCUT2D eigenvalue weighted by Gasteiger charge is -2.39. The van der Waals surface area contributed by atoms with Gasteiger partial charge in [-0.05, 0) is 18.7 Å². The van der Waals surface area contributed by atoms with Crippen LogP contribution in [-0.4, -0.2) is 52.2 Å². The molecule has 1 aromatic carbocycles. The molecule has 0 aliphatic carbocycles. The Morgan fingerprint density at radius 2 is 1.96 bits per heavy atom. The van der Waals surface area contributed by atoms with Gasteiger partial charge in [0.05, 0.1) is 6.04 Å². The van der Waals surface area contributed by atoms with E-state index in [0.717, 1.165) is 18.3 Å². The number of amides is 1. The standard InChI is InChI=1S/C16H18F2N4O/c1-20-9-10-21(11-14(20)12-5-3-2-4-6-12)15(23)13-7-8-22(19-13)16(17)18/h2-8,14,16H,9-11H2,1H3/t14-/m0/s1. The number of alkyl halides is 2. The number of halogens is 2. The fourth-order valence-electron chi connectivity index (χ4n) is 2.82. The van der Waals surface area contributed by atoms with Crippen LogP contribution >= 0.6 is 0 Å². The fourth-order valence-corrected chi connectivity index (χ4v) is 2.82. The number of hydrogen-bond acceptors (Lipinski definition) is 3. The first-order valence-electron chi connectivity index (χ1n) is 7.44. The first-order chi connectivity index (χ1) is 11.1. The highest BCUT2D eigenvalue weighted by Gasteiger charge is 2.30. The number of nitrogens with zero attached hydrogens (tertiary/aromatic N) is 4. The van der Waals surface area contributed by atoms with Crippen LogP contribution in [0.25, 0.3) is 0 Å². The van der Waals surface area contributed by atoms with Crippen molar-refractivity contribution in [1.82, 2.24) is 19.6 Å². The van der Waals surface area contributed by atoms with E-state index in [1.54, 1.807) is 4.90 Å². The van der Waals surface area contributed by atoms with Gasteiger partial charge in [0, 0.05) is 25.8 Å². The van der Waals surface area contributed by atoms with E-state index in [9.17, 15) is 13.6 Å². The number of piperazine rings is 1. The molecule has 3 rings (SSSR count). The summed E-state index contributed by atoms with van der Waals surface area (Å²) < 4.78 is 25.7. The third-order valence-electron chi connectivity index (χ3n) is 4.15. The maximum absolute atomic E-state index is 12.6. The van der Waals surface area contributed by atoms with Crippen molar-refractivity contribution in [3.05, 3.63) is 53.9 Å². The van der Waals surface area contributed by atoms with Crippen LogP contribution in [0.4, 0.5) is 8.78 Å². The molecule has 23 heavy (non-hydrogen) atoms. The molecule has 0 bridgehead atoms. The maximum Gasteiger partial charge on any atom is 0.333 e. The first-order valence-corrected chi connectivity index (χ1v) is 7.44. The Labute approximate surface area is 133 Å². The predicted octanol–water partition coefficient (Wildman–Crippen LogP) is 2.41. The van der Waals surface area contributed by atoms with Gasteiger partial charge in [-0.1, -0.05) is 30.3 Å². The van der Waals surface area contributed by atoms with E-state index in [4.69, 9.17) is 0 Å². The van der Waals surface area contributed by atoms with Crippen LogP contribution in [0.3, 0.4) is 0 Å². The number of benzene rings is 1. The van der Waals surface area contributed by atoms with E-state index in [1.807, 2.05) is 37.4 Å². The van der Waals surface area contributed by atoms with Crippen molar-refractivity contribution in [1.29, 1.82) is 0 Å². The lowest BCUT2D eigenvalue weighted by Crippen LogP contribution is -2.49. The van der Waals surface area contributed by atoms with Gasteiger partial charge in [0.25, 0.3) is 5.91 Å². The van der Waals surface area contributed by atoms with Crippen LogP contribution < -0.4 is 0 Å². The molecule has 0 saturated carbocycles. The molecule has 0 unspecified atom stereocenters. The molecule has 1 atom stereocenters. The number of likely N-dealkylation sites (N-methyl/N-ethyl adjacent to an activating group) is 1. The average molecular weight is 320 g/mol. The molecular formula is C16H18F2N4O. The Balaban J connectivity index is 1.76. The topological polar surface area (TPSA) is 41.4 Å². The summed E-state index contributed by atoms with van der Waals surface area (Å²) in [4.78, 5) is 16.4. The maximum atomic E-state index is 12.6. The van der Waals surface area contributed by atoms with Crippen LogP contribution in [0.5, 0.6) is 0 Å². The van der Waals surface area contributed by atoms with Crippen molar-refractivity contribution in [2.75, 3.05) is 26.7 Å². The fraction of sp³-hybridized carbons (Fsp3) is 0.375. The Bertz CT molecular complexity index is 674. The first kappa shape index (κ1) is 15.6. The third-order valence-corrected chi connectivity index (χ3v) is 4.15. The summed E-state index contributed by atoms with van der Waals surface area (Å²) in [5.41, 5.74) is 1.19. The van der Waals surface area contributed by atoms with Crippen LogP contribution in [0.1, 0.15) is 28.6 Å². The normalized spacial score (nSPS) is 19.3. The Hall–Kier alpha value is -2.28. The van der Waals surface area contributed by atoms with E-state index in [-0.39, 0.29) is 17.6 Å². The minimum absolute atomic E-state index is 0.0571. The molecule has 1 fully saturated rings. The minimum Gasteiger partial charge on any atom is -0.334 e. The zero-order chi connectivity index (χ0) is 16.4. The quantitative estimate of drug-likeness (QED) is 0.872. The molecule has 1 aliphatic heterocycles. The Morgan fingerprint density at radius 3 is 2.61 bits per heavy atom. The van der Waals surface area contributed by atoms with Gasteiger partial charge in [0.15, 0.2) is 5.69 Å². The van der Waals surface area contributed by atoms with Crippen LogP contribution in [0, 0.1) is 0 Å². The second kappa shape index (κ2) is 6.45. The molecule has 0 radical (unpaired) electrons. The van der Waals surface area contributed by atoms with Crippen molar-refractivity contribution in [3.63, 3.8) is 0 Å². The number of rotatable bonds is 3. The summed E-state index contributed by atoms with van der Waals surface area (Å²) in [5.74, 6) is -0.307. The molecule has 7 heteroatoms. The molecule has 1 amide bonds. The summed E-state index contributed by atoms with van der Waals surface area (Å²) in [6.07, 6.45) is 1.13. The summed E-state index contributed by atoms with van der Waals surface area (Å²) in [5, 5.41) is 3.66. The van der Waals surface area contributed by atoms with Gasteiger partial charge in [0.2, 0.25) is 0 Å². The molecule has 0 N–H and O–H groups in total. The van der Waals surface area contributed by atoms with E-state index in [1.165, 1.54) is 6.07 Å². The lowest BCUT2D eigenvalue weighted by atomic mass is 10.0. The molecule has 2 heterocycles. The third kappa shape index (κ3) is 3.24. The molecule has 122 valence electrons. The Kier molecular flexibility index (Phi) is 4.38. The highest BCUT2D eigenvalue weighted by atomic mass is 19.3. The second-order valence-electron chi connectivity index (χ2n) is 5.62. The van der Waals surface area contributed by atoms with Crippen molar-refractivity contribution in [2.24, 2.45) is 0 Å². The molecule has 5 nitrogen and oxygen atoms in total. The second-order valence-corrected chi connectivity index (χ2v) is 5.62. The largest absolute Gasteiger partial charge is 0.334 e. The van der Waals surface area contributed by atoms with E-state index < -0.39 is 6.55 Å². The summed E-state index contributed by atoms with van der Waals surface area (Å²) in [7, 11) is 2.02. The number of carbonyl (C=O) groups excluding carboxylic acids is 1. The Morgan fingerprint density at radius 1 is 1.22 bits per heavy atom. The zero-order valence-corrected chi connectivity index (χ0v) is 12.8. The molecule has 1 saturated heterocycles. The van der Waals surface area contributed by atoms with Gasteiger partial charge in [-0.25, -0.2) is 4.68 Å². The highest BCUT2D eigenvalue weighted by Crippen LogP contribution is 2.24. The molecule has 2 aromatic rings. The monoisotopic (exact) mass is 320 g/mol. The van der Waals surface area contributed by atoms with Crippen LogP contribution in [0.2, 0.25) is 0 Å². The molecular weight excluding hydrogens is 302 g/mol. The minimum atomic E-state index is -2.74. The van der Waals surface area contributed by atoms with Crippen molar-refractivity contribution in [2.45, 2.75) is 12.6 Å². The number of carbonyl (C=O) groups is 1. The smallest absolute Gasteiger partial charge is 0.333 e. The average Bonchev–Trinajstić information content (AvgIpc) is 3.06. The highest BCUT2D eigenvalue weighted by molar-refractivity contribution is 5.92. The van der Waals surface area contributed by atoms with Gasteiger partial charge in [-0.2, -0.15) is 13.9 Å². The molecule has 0 spiro atoms. The predicted molar refractivity (Wildman–Crippen MR) is 81.2 cm³/mol. The van der Waals surface area contributed by atoms with E-state index >= 15 is 0 Å². The SMILES string of the molecule is CN1CCN(C(=O)c2ccn(C(F)F)n2)C[C@H]1c1ccccc1. The molecule has 1 aromatic heterocycles. The van der Waals surface area contributed by atoms with Crippen molar-refractivity contribution >= 4 is 5.91 Å². The van der Waals surface area contributed by atoms with Crippen LogP contribution in [0.15, 0.2) is 42.6 Å². The number of aromatic nitrogens is 2.